The Kier molecular flexibility index (Phi) is 5.68. The maximum atomic E-state index is 11.9. The largest absolute Gasteiger partial charge is 0.513 e. The van der Waals surface area contributed by atoms with Gasteiger partial charge in [0.1, 0.15) is 0 Å². The molecule has 168 valence electrons. The van der Waals surface area contributed by atoms with Gasteiger partial charge in [-0.15, -0.1) is 0 Å². The second-order valence-corrected chi connectivity index (χ2v) is 9.12. The van der Waals surface area contributed by atoms with Gasteiger partial charge in [-0.3, -0.25) is 4.40 Å². The fourth-order valence-corrected chi connectivity index (χ4v) is 4.76. The van der Waals surface area contributed by atoms with Gasteiger partial charge in [-0.25, -0.2) is 9.78 Å². The van der Waals surface area contributed by atoms with Crippen molar-refractivity contribution in [3.8, 4) is 28.3 Å². The van der Waals surface area contributed by atoms with Crippen LogP contribution in [0.1, 0.15) is 31.7 Å². The predicted molar refractivity (Wildman–Crippen MR) is 131 cm³/mol. The number of imidazole rings is 1. The van der Waals surface area contributed by atoms with E-state index in [9.17, 15) is 4.79 Å². The molecule has 5 rings (SSSR count). The molecule has 0 unspecified atom stereocenters. The van der Waals surface area contributed by atoms with Gasteiger partial charge < -0.3 is 15.2 Å². The van der Waals surface area contributed by atoms with Crippen LogP contribution < -0.4 is 10.5 Å². The molecule has 2 heterocycles. The molecule has 7 heteroatoms. The molecular formula is C26H24BrN3O3. The second kappa shape index (κ2) is 8.65. The number of nitrogens with zero attached hydrogens (tertiary/aromatic N) is 2. The number of carbonyl (C=O) groups is 1. The Labute approximate surface area is 200 Å². The number of nitrogens with two attached hydrogens (primary N) is 1. The Morgan fingerprint density at radius 3 is 2.48 bits per heavy atom. The molecule has 1 aliphatic rings. The summed E-state index contributed by atoms with van der Waals surface area (Å²) in [7, 11) is 0. The van der Waals surface area contributed by atoms with E-state index in [0.29, 0.717) is 10.2 Å². The highest BCUT2D eigenvalue weighted by Gasteiger charge is 2.34. The fourth-order valence-electron chi connectivity index (χ4n) is 4.26. The monoisotopic (exact) mass is 505 g/mol. The Morgan fingerprint density at radius 1 is 1.12 bits per heavy atom. The molecule has 1 aliphatic carbocycles. The van der Waals surface area contributed by atoms with Crippen LogP contribution >= 0.6 is 15.9 Å². The normalized spacial score (nSPS) is 14.6. The zero-order valence-corrected chi connectivity index (χ0v) is 19.8. The third-order valence-electron chi connectivity index (χ3n) is 6.14. The van der Waals surface area contributed by atoms with E-state index < -0.39 is 6.16 Å². The van der Waals surface area contributed by atoms with Gasteiger partial charge in [-0.2, -0.15) is 0 Å². The molecule has 0 amide bonds. The van der Waals surface area contributed by atoms with Crippen molar-refractivity contribution in [2.45, 2.75) is 31.7 Å². The van der Waals surface area contributed by atoms with Crippen LogP contribution in [0.2, 0.25) is 0 Å². The minimum atomic E-state index is -0.743. The first-order valence-corrected chi connectivity index (χ1v) is 11.8. The van der Waals surface area contributed by atoms with Crippen LogP contribution in [0.25, 0.3) is 28.2 Å². The van der Waals surface area contributed by atoms with Crippen LogP contribution in [0.3, 0.4) is 0 Å². The molecule has 0 saturated heterocycles. The molecule has 0 spiro atoms. The van der Waals surface area contributed by atoms with Crippen molar-refractivity contribution in [3.63, 3.8) is 0 Å². The lowest BCUT2D eigenvalue weighted by atomic mass is 9.72. The van der Waals surface area contributed by atoms with E-state index in [4.69, 9.17) is 20.2 Å². The van der Waals surface area contributed by atoms with Gasteiger partial charge in [-0.05, 0) is 47.7 Å². The smallest absolute Gasteiger partial charge is 0.434 e. The summed E-state index contributed by atoms with van der Waals surface area (Å²) in [5.74, 6) is 0.361. The van der Waals surface area contributed by atoms with Gasteiger partial charge in [-0.1, -0.05) is 54.6 Å². The number of rotatable bonds is 5. The molecule has 4 aromatic rings. The van der Waals surface area contributed by atoms with Crippen LogP contribution in [0, 0.1) is 0 Å². The quantitative estimate of drug-likeness (QED) is 0.321. The summed E-state index contributed by atoms with van der Waals surface area (Å²) in [5, 5.41) is 0. The number of aromatic nitrogens is 2. The van der Waals surface area contributed by atoms with E-state index in [-0.39, 0.29) is 12.1 Å². The lowest BCUT2D eigenvalue weighted by Gasteiger charge is -2.38. The Hall–Kier alpha value is -3.16. The minimum absolute atomic E-state index is 0.206. The van der Waals surface area contributed by atoms with Crippen LogP contribution in [-0.4, -0.2) is 22.1 Å². The standard InChI is InChI=1S/C26H24BrN3O3/c1-2-32-25(31)33-20-15-21(27)24-29-22(23(30(24)16-20)18-7-4-3-5-8-18)17-9-11-19(12-10-17)26(28)13-6-14-26/h3-5,7-12,15-16H,2,6,13-14,28H2,1H3. The third-order valence-corrected chi connectivity index (χ3v) is 6.72. The molecule has 0 bridgehead atoms. The number of halogens is 1. The average Bonchev–Trinajstić information content (AvgIpc) is 3.18. The van der Waals surface area contributed by atoms with Gasteiger partial charge >= 0.3 is 6.16 Å². The van der Waals surface area contributed by atoms with Gasteiger partial charge in [0.05, 0.1) is 28.7 Å². The topological polar surface area (TPSA) is 78.8 Å². The van der Waals surface area contributed by atoms with E-state index in [2.05, 4.69) is 40.2 Å². The van der Waals surface area contributed by atoms with Crippen LogP contribution in [0.4, 0.5) is 4.79 Å². The summed E-state index contributed by atoms with van der Waals surface area (Å²) in [6, 6.07) is 20.1. The molecular weight excluding hydrogens is 482 g/mol. The highest BCUT2D eigenvalue weighted by Crippen LogP contribution is 2.40. The Balaban J connectivity index is 1.65. The van der Waals surface area contributed by atoms with Gasteiger partial charge in [0.2, 0.25) is 0 Å². The summed E-state index contributed by atoms with van der Waals surface area (Å²) in [6.07, 6.45) is 4.23. The molecule has 2 N–H and O–H groups in total. The van der Waals surface area contributed by atoms with E-state index in [1.807, 2.05) is 34.7 Å². The summed E-state index contributed by atoms with van der Waals surface area (Å²) in [6.45, 7) is 1.98. The second-order valence-electron chi connectivity index (χ2n) is 8.26. The first kappa shape index (κ1) is 21.7. The molecule has 33 heavy (non-hydrogen) atoms. The molecule has 1 fully saturated rings. The summed E-state index contributed by atoms with van der Waals surface area (Å²) < 4.78 is 12.9. The van der Waals surface area contributed by atoms with Crippen LogP contribution in [0.15, 0.2) is 71.3 Å². The molecule has 2 aromatic heterocycles. The Morgan fingerprint density at radius 2 is 1.85 bits per heavy atom. The van der Waals surface area contributed by atoms with Gasteiger partial charge in [0.15, 0.2) is 11.4 Å². The fraction of sp³-hybridized carbons (Fsp3) is 0.231. The van der Waals surface area contributed by atoms with E-state index in [1.165, 1.54) is 6.42 Å². The van der Waals surface area contributed by atoms with E-state index in [1.54, 1.807) is 19.2 Å². The first-order chi connectivity index (χ1) is 16.0. The van der Waals surface area contributed by atoms with Crippen molar-refractivity contribution in [2.24, 2.45) is 5.73 Å². The Bertz CT molecular complexity index is 1310. The third kappa shape index (κ3) is 4.03. The van der Waals surface area contributed by atoms with Gasteiger partial charge in [0.25, 0.3) is 0 Å². The van der Waals surface area contributed by atoms with Crippen molar-refractivity contribution in [1.82, 2.24) is 9.38 Å². The summed E-state index contributed by atoms with van der Waals surface area (Å²) >= 11 is 3.59. The molecule has 1 saturated carbocycles. The molecule has 0 atom stereocenters. The summed E-state index contributed by atoms with van der Waals surface area (Å²) in [5.41, 5.74) is 11.9. The van der Waals surface area contributed by atoms with Crippen molar-refractivity contribution >= 4 is 27.7 Å². The number of ether oxygens (including phenoxy) is 2. The maximum Gasteiger partial charge on any atom is 0.513 e. The lowest BCUT2D eigenvalue weighted by molar-refractivity contribution is 0.104. The average molecular weight is 506 g/mol. The van der Waals surface area contributed by atoms with Crippen molar-refractivity contribution < 1.29 is 14.3 Å². The van der Waals surface area contributed by atoms with Crippen LogP contribution in [-0.2, 0) is 10.3 Å². The molecule has 0 radical (unpaired) electrons. The number of pyridine rings is 1. The van der Waals surface area contributed by atoms with E-state index in [0.717, 1.165) is 46.6 Å². The number of carbonyl (C=O) groups excluding carboxylic acids is 1. The maximum absolute atomic E-state index is 11.9. The minimum Gasteiger partial charge on any atom is -0.434 e. The number of hydrogen-bond acceptors (Lipinski definition) is 5. The first-order valence-electron chi connectivity index (χ1n) is 11.0. The van der Waals surface area contributed by atoms with E-state index >= 15 is 0 Å². The van der Waals surface area contributed by atoms with Crippen molar-refractivity contribution in [3.05, 3.63) is 76.9 Å². The molecule has 6 nitrogen and oxygen atoms in total. The van der Waals surface area contributed by atoms with Gasteiger partial charge in [0, 0.05) is 22.7 Å². The highest BCUT2D eigenvalue weighted by atomic mass is 79.9. The number of fused-ring (bicyclic) bond motifs is 1. The predicted octanol–water partition coefficient (Wildman–Crippen LogP) is 6.30. The highest BCUT2D eigenvalue weighted by molar-refractivity contribution is 9.10. The number of benzene rings is 2. The van der Waals surface area contributed by atoms with Crippen molar-refractivity contribution in [2.75, 3.05) is 6.61 Å². The van der Waals surface area contributed by atoms with Crippen LogP contribution in [0.5, 0.6) is 5.75 Å². The molecule has 2 aromatic carbocycles. The summed E-state index contributed by atoms with van der Waals surface area (Å²) in [4.78, 5) is 16.8. The van der Waals surface area contributed by atoms with Crippen molar-refractivity contribution in [1.29, 1.82) is 0 Å². The zero-order chi connectivity index (χ0) is 23.0. The number of hydrogen-bond donors (Lipinski definition) is 1. The lowest BCUT2D eigenvalue weighted by Crippen LogP contribution is -2.43. The molecule has 0 aliphatic heterocycles. The zero-order valence-electron chi connectivity index (χ0n) is 18.3. The SMILES string of the molecule is CCOC(=O)Oc1cc(Br)c2nc(-c3ccc(C4(N)CCC4)cc3)c(-c3ccccc3)n2c1.